The van der Waals surface area contributed by atoms with Gasteiger partial charge in [0.15, 0.2) is 0 Å². The van der Waals surface area contributed by atoms with Gasteiger partial charge in [0.25, 0.3) is 0 Å². The fourth-order valence-corrected chi connectivity index (χ4v) is 2.92. The Morgan fingerprint density at radius 3 is 2.42 bits per heavy atom. The van der Waals surface area contributed by atoms with Gasteiger partial charge in [0.05, 0.1) is 24.0 Å². The molecule has 0 saturated heterocycles. The molecule has 3 heteroatoms. The molecule has 0 aromatic heterocycles. The Morgan fingerprint density at radius 2 is 1.63 bits per heavy atom. The number of benzene rings is 2. The van der Waals surface area contributed by atoms with E-state index < -0.39 is 0 Å². The largest absolute Gasteiger partial charge is 0.313 e. The lowest BCUT2D eigenvalue weighted by Gasteiger charge is -2.14. The van der Waals surface area contributed by atoms with Crippen molar-refractivity contribution in [2.75, 3.05) is 23.4 Å². The van der Waals surface area contributed by atoms with Crippen LogP contribution < -0.4 is 9.80 Å². The number of rotatable bonds is 1. The molecule has 0 aliphatic carbocycles. The summed E-state index contributed by atoms with van der Waals surface area (Å²) in [5.74, 6) is 1.06. The molecule has 4 rings (SSSR count). The van der Waals surface area contributed by atoms with Gasteiger partial charge in [-0.05, 0) is 17.7 Å². The molecule has 0 amide bonds. The Hall–Kier alpha value is -2.29. The van der Waals surface area contributed by atoms with E-state index in [9.17, 15) is 0 Å². The Morgan fingerprint density at radius 1 is 0.947 bits per heavy atom. The first-order valence-corrected chi connectivity index (χ1v) is 6.57. The zero-order chi connectivity index (χ0) is 12.8. The van der Waals surface area contributed by atoms with E-state index in [4.69, 9.17) is 4.99 Å². The van der Waals surface area contributed by atoms with Gasteiger partial charge in [0, 0.05) is 7.05 Å². The van der Waals surface area contributed by atoms with Crippen molar-refractivity contribution in [3.8, 4) is 0 Å². The Bertz CT molecular complexity index is 648. The molecule has 0 saturated carbocycles. The highest BCUT2D eigenvalue weighted by atomic mass is 15.5. The highest BCUT2D eigenvalue weighted by molar-refractivity contribution is 6.16. The molecular formula is C16H15N3. The zero-order valence-corrected chi connectivity index (χ0v) is 10.8. The summed E-state index contributed by atoms with van der Waals surface area (Å²) in [4.78, 5) is 9.38. The van der Waals surface area contributed by atoms with Crippen LogP contribution in [0.3, 0.4) is 0 Å². The molecule has 2 aliphatic rings. The number of aliphatic imine (C=N–C) groups is 1. The molecule has 2 aromatic rings. The topological polar surface area (TPSA) is 18.8 Å². The minimum atomic E-state index is 0.243. The molecule has 0 radical (unpaired) electrons. The van der Waals surface area contributed by atoms with Gasteiger partial charge in [0.1, 0.15) is 0 Å². The lowest BCUT2D eigenvalue weighted by molar-refractivity contribution is 0.780. The van der Waals surface area contributed by atoms with Gasteiger partial charge in [-0.25, -0.2) is 4.99 Å². The number of fused-ring (bicyclic) bond motifs is 3. The maximum Gasteiger partial charge on any atom is 0.206 e. The number of hydrogen-bond acceptors (Lipinski definition) is 3. The van der Waals surface area contributed by atoms with E-state index >= 15 is 0 Å². The maximum atomic E-state index is 4.88. The first-order valence-electron chi connectivity index (χ1n) is 6.57. The smallest absolute Gasteiger partial charge is 0.206 e. The Balaban J connectivity index is 1.74. The second kappa shape index (κ2) is 3.85. The standard InChI is InChI=1S/C16H15N3/c1-18-14-9-5-6-10-15(14)19-11-13(17-16(18)19)12-7-3-2-4-8-12/h2-10,13H,11H2,1H3. The van der Waals surface area contributed by atoms with Gasteiger partial charge in [-0.3, -0.25) is 0 Å². The van der Waals surface area contributed by atoms with Crippen LogP contribution in [0.2, 0.25) is 0 Å². The molecule has 1 unspecified atom stereocenters. The minimum absolute atomic E-state index is 0.243. The van der Waals surface area contributed by atoms with Gasteiger partial charge < -0.3 is 9.80 Å². The van der Waals surface area contributed by atoms with Crippen LogP contribution in [0.4, 0.5) is 11.4 Å². The Kier molecular flexibility index (Phi) is 2.15. The molecule has 0 fully saturated rings. The van der Waals surface area contributed by atoms with Gasteiger partial charge in [-0.2, -0.15) is 0 Å². The van der Waals surface area contributed by atoms with Crippen LogP contribution in [0.1, 0.15) is 11.6 Å². The zero-order valence-electron chi connectivity index (χ0n) is 10.8. The molecule has 2 aliphatic heterocycles. The van der Waals surface area contributed by atoms with Crippen molar-refractivity contribution in [2.24, 2.45) is 4.99 Å². The van der Waals surface area contributed by atoms with Crippen LogP contribution in [-0.2, 0) is 0 Å². The number of nitrogens with zero attached hydrogens (tertiary/aromatic N) is 3. The first-order chi connectivity index (χ1) is 9.34. The second-order valence-corrected chi connectivity index (χ2v) is 5.01. The van der Waals surface area contributed by atoms with Gasteiger partial charge >= 0.3 is 0 Å². The van der Waals surface area contributed by atoms with E-state index in [1.54, 1.807) is 0 Å². The van der Waals surface area contributed by atoms with Crippen molar-refractivity contribution in [2.45, 2.75) is 6.04 Å². The molecule has 2 aromatic carbocycles. The number of guanidine groups is 1. The maximum absolute atomic E-state index is 4.88. The van der Waals surface area contributed by atoms with Crippen LogP contribution >= 0.6 is 0 Å². The summed E-state index contributed by atoms with van der Waals surface area (Å²) in [6.07, 6.45) is 0. The molecule has 1 atom stereocenters. The van der Waals surface area contributed by atoms with Crippen molar-refractivity contribution in [3.63, 3.8) is 0 Å². The van der Waals surface area contributed by atoms with E-state index in [1.807, 2.05) is 6.07 Å². The van der Waals surface area contributed by atoms with Crippen molar-refractivity contribution in [3.05, 3.63) is 60.2 Å². The van der Waals surface area contributed by atoms with Crippen LogP contribution in [0.5, 0.6) is 0 Å². The predicted octanol–water partition coefficient (Wildman–Crippen LogP) is 3.05. The van der Waals surface area contributed by atoms with E-state index in [-0.39, 0.29) is 6.04 Å². The summed E-state index contributed by atoms with van der Waals surface area (Å²) in [7, 11) is 2.09. The third-order valence-electron chi connectivity index (χ3n) is 3.89. The average molecular weight is 249 g/mol. The van der Waals surface area contributed by atoms with Crippen LogP contribution in [-0.4, -0.2) is 19.6 Å². The van der Waals surface area contributed by atoms with E-state index in [0.717, 1.165) is 12.5 Å². The van der Waals surface area contributed by atoms with Crippen molar-refractivity contribution >= 4 is 17.3 Å². The van der Waals surface area contributed by atoms with Gasteiger partial charge in [-0.1, -0.05) is 42.5 Å². The summed E-state index contributed by atoms with van der Waals surface area (Å²) < 4.78 is 0. The van der Waals surface area contributed by atoms with Crippen LogP contribution in [0, 0.1) is 0 Å². The van der Waals surface area contributed by atoms with E-state index in [0.29, 0.717) is 0 Å². The quantitative estimate of drug-likeness (QED) is 0.773. The lowest BCUT2D eigenvalue weighted by atomic mass is 10.1. The molecule has 0 N–H and O–H groups in total. The van der Waals surface area contributed by atoms with Crippen molar-refractivity contribution in [1.29, 1.82) is 0 Å². The molecule has 0 bridgehead atoms. The monoisotopic (exact) mass is 249 g/mol. The molecule has 0 spiro atoms. The van der Waals surface area contributed by atoms with Gasteiger partial charge in [-0.15, -0.1) is 0 Å². The van der Waals surface area contributed by atoms with Crippen LogP contribution in [0.15, 0.2) is 59.6 Å². The summed E-state index contributed by atoms with van der Waals surface area (Å²) >= 11 is 0. The third kappa shape index (κ3) is 1.48. The van der Waals surface area contributed by atoms with E-state index in [2.05, 4.69) is 65.4 Å². The molecule has 19 heavy (non-hydrogen) atoms. The molecular weight excluding hydrogens is 234 g/mol. The molecule has 3 nitrogen and oxygen atoms in total. The number of para-hydroxylation sites is 2. The van der Waals surface area contributed by atoms with Crippen molar-refractivity contribution < 1.29 is 0 Å². The average Bonchev–Trinajstić information content (AvgIpc) is 3.01. The fourth-order valence-electron chi connectivity index (χ4n) is 2.92. The molecule has 94 valence electrons. The highest BCUT2D eigenvalue weighted by Crippen LogP contribution is 2.41. The Labute approximate surface area is 112 Å². The fraction of sp³-hybridized carbons (Fsp3) is 0.188. The lowest BCUT2D eigenvalue weighted by Crippen LogP contribution is -2.32. The van der Waals surface area contributed by atoms with Gasteiger partial charge in [0.2, 0.25) is 5.96 Å². The SMILES string of the molecule is CN1C2=NC(c3ccccc3)CN2c2ccccc21. The first kappa shape index (κ1) is 10.6. The van der Waals surface area contributed by atoms with Crippen molar-refractivity contribution in [1.82, 2.24) is 0 Å². The summed E-state index contributed by atoms with van der Waals surface area (Å²) in [5, 5.41) is 0. The second-order valence-electron chi connectivity index (χ2n) is 5.01. The van der Waals surface area contributed by atoms with Crippen LogP contribution in [0.25, 0.3) is 0 Å². The number of anilines is 2. The third-order valence-corrected chi connectivity index (χ3v) is 3.89. The summed E-state index contributed by atoms with van der Waals surface area (Å²) in [5.41, 5.74) is 3.80. The van der Waals surface area contributed by atoms with E-state index in [1.165, 1.54) is 16.9 Å². The minimum Gasteiger partial charge on any atom is -0.313 e. The highest BCUT2D eigenvalue weighted by Gasteiger charge is 2.36. The normalized spacial score (nSPS) is 20.3. The summed E-state index contributed by atoms with van der Waals surface area (Å²) in [6.45, 7) is 0.931. The molecule has 2 heterocycles. The predicted molar refractivity (Wildman–Crippen MR) is 78.8 cm³/mol. The summed E-state index contributed by atoms with van der Waals surface area (Å²) in [6, 6.07) is 19.2. The number of hydrogen-bond donors (Lipinski definition) is 0.